The molecule has 2 heteroatoms. The second kappa shape index (κ2) is 6.66. The summed E-state index contributed by atoms with van der Waals surface area (Å²) >= 11 is 0. The van der Waals surface area contributed by atoms with Gasteiger partial charge in [-0.2, -0.15) is 0 Å². The molecule has 0 unspecified atom stereocenters. The second-order valence-electron chi connectivity index (χ2n) is 5.84. The molecule has 2 aromatic carbocycles. The highest BCUT2D eigenvalue weighted by Gasteiger charge is 2.09. The van der Waals surface area contributed by atoms with Crippen molar-refractivity contribution >= 4 is 5.69 Å². The smallest absolute Gasteiger partial charge is 0.125 e. The molecule has 21 heavy (non-hydrogen) atoms. The van der Waals surface area contributed by atoms with Crippen molar-refractivity contribution in [2.45, 2.75) is 40.7 Å². The Labute approximate surface area is 128 Å². The maximum Gasteiger partial charge on any atom is 0.125 e. The first-order valence-electron chi connectivity index (χ1n) is 7.51. The van der Waals surface area contributed by atoms with Gasteiger partial charge >= 0.3 is 0 Å². The Morgan fingerprint density at radius 3 is 1.86 bits per heavy atom. The molecule has 0 fully saturated rings. The number of rotatable bonds is 5. The van der Waals surface area contributed by atoms with E-state index in [0.29, 0.717) is 6.61 Å². The van der Waals surface area contributed by atoms with E-state index in [0.717, 1.165) is 5.75 Å². The summed E-state index contributed by atoms with van der Waals surface area (Å²) in [5, 5.41) is 3.56. The zero-order chi connectivity index (χ0) is 15.4. The van der Waals surface area contributed by atoms with Gasteiger partial charge in [-0.15, -0.1) is 0 Å². The van der Waals surface area contributed by atoms with Crippen LogP contribution >= 0.6 is 0 Å². The molecule has 0 bridgehead atoms. The Hall–Kier alpha value is -1.96. The van der Waals surface area contributed by atoms with E-state index >= 15 is 0 Å². The van der Waals surface area contributed by atoms with Gasteiger partial charge in [-0.1, -0.05) is 36.4 Å². The lowest BCUT2D eigenvalue weighted by atomic mass is 10.1. The molecular weight excluding hydrogens is 258 g/mol. The van der Waals surface area contributed by atoms with Crippen LogP contribution in [0.5, 0.6) is 5.75 Å². The molecule has 0 spiro atoms. The largest absolute Gasteiger partial charge is 0.491 e. The minimum absolute atomic E-state index is 0.254. The Morgan fingerprint density at radius 1 is 0.857 bits per heavy atom. The van der Waals surface area contributed by atoms with Gasteiger partial charge in [-0.05, 0) is 56.9 Å². The summed E-state index contributed by atoms with van der Waals surface area (Å²) in [6, 6.07) is 12.9. The number of hydrogen-bond acceptors (Lipinski definition) is 2. The fourth-order valence-corrected chi connectivity index (χ4v) is 2.57. The number of aryl methyl sites for hydroxylation is 4. The quantitative estimate of drug-likeness (QED) is 0.851. The van der Waals surface area contributed by atoms with Crippen molar-refractivity contribution in [2.24, 2.45) is 0 Å². The van der Waals surface area contributed by atoms with Crippen LogP contribution in [-0.2, 0) is 0 Å². The third-order valence-electron chi connectivity index (χ3n) is 3.76. The molecule has 112 valence electrons. The van der Waals surface area contributed by atoms with Crippen molar-refractivity contribution < 1.29 is 4.74 Å². The predicted molar refractivity (Wildman–Crippen MR) is 90.4 cm³/mol. The monoisotopic (exact) mass is 283 g/mol. The molecule has 0 amide bonds. The third-order valence-corrected chi connectivity index (χ3v) is 3.76. The molecule has 0 aromatic heterocycles. The fraction of sp³-hybridized carbons (Fsp3) is 0.368. The van der Waals surface area contributed by atoms with Crippen molar-refractivity contribution in [1.82, 2.24) is 0 Å². The van der Waals surface area contributed by atoms with Crippen molar-refractivity contribution in [3.05, 3.63) is 58.7 Å². The summed E-state index contributed by atoms with van der Waals surface area (Å²) in [4.78, 5) is 0. The van der Waals surface area contributed by atoms with Crippen LogP contribution in [0, 0.1) is 27.7 Å². The first kappa shape index (κ1) is 15.4. The summed E-state index contributed by atoms with van der Waals surface area (Å²) < 4.78 is 6.02. The number of hydrogen-bond donors (Lipinski definition) is 1. The van der Waals surface area contributed by atoms with Crippen molar-refractivity contribution in [3.8, 4) is 5.75 Å². The highest BCUT2D eigenvalue weighted by molar-refractivity contribution is 5.57. The maximum absolute atomic E-state index is 6.02. The zero-order valence-electron chi connectivity index (χ0n) is 13.7. The first-order valence-corrected chi connectivity index (χ1v) is 7.51. The van der Waals surface area contributed by atoms with Crippen LogP contribution in [-0.4, -0.2) is 12.6 Å². The van der Waals surface area contributed by atoms with Gasteiger partial charge in [0.05, 0.1) is 6.04 Å². The number of para-hydroxylation sites is 2. The second-order valence-corrected chi connectivity index (χ2v) is 5.84. The summed E-state index contributed by atoms with van der Waals surface area (Å²) in [6.07, 6.45) is 0. The number of ether oxygens (including phenoxy) is 1. The molecule has 0 saturated carbocycles. The van der Waals surface area contributed by atoms with Crippen LogP contribution in [0.15, 0.2) is 36.4 Å². The Balaban J connectivity index is 2.01. The van der Waals surface area contributed by atoms with Crippen LogP contribution in [0.25, 0.3) is 0 Å². The number of benzene rings is 2. The summed E-state index contributed by atoms with van der Waals surface area (Å²) in [6.45, 7) is 11.2. The lowest BCUT2D eigenvalue weighted by Crippen LogP contribution is -2.24. The van der Waals surface area contributed by atoms with Gasteiger partial charge in [0.25, 0.3) is 0 Å². The van der Waals surface area contributed by atoms with E-state index in [9.17, 15) is 0 Å². The average Bonchev–Trinajstić information content (AvgIpc) is 2.42. The predicted octanol–water partition coefficient (Wildman–Crippen LogP) is 4.80. The van der Waals surface area contributed by atoms with E-state index in [1.54, 1.807) is 0 Å². The van der Waals surface area contributed by atoms with E-state index in [-0.39, 0.29) is 6.04 Å². The van der Waals surface area contributed by atoms with Crippen LogP contribution in [0.2, 0.25) is 0 Å². The van der Waals surface area contributed by atoms with Crippen LogP contribution in [0.3, 0.4) is 0 Å². The summed E-state index contributed by atoms with van der Waals surface area (Å²) in [7, 11) is 0. The molecule has 1 N–H and O–H groups in total. The molecule has 0 saturated heterocycles. The van der Waals surface area contributed by atoms with Crippen LogP contribution in [0.4, 0.5) is 5.69 Å². The topological polar surface area (TPSA) is 21.3 Å². The molecule has 2 nitrogen and oxygen atoms in total. The minimum Gasteiger partial charge on any atom is -0.491 e. The molecule has 0 aliphatic rings. The van der Waals surface area contributed by atoms with Gasteiger partial charge in [0.1, 0.15) is 12.4 Å². The zero-order valence-corrected chi connectivity index (χ0v) is 13.7. The maximum atomic E-state index is 6.02. The van der Waals surface area contributed by atoms with Gasteiger partial charge in [0.2, 0.25) is 0 Å². The lowest BCUT2D eigenvalue weighted by molar-refractivity contribution is 0.300. The molecule has 2 rings (SSSR count). The lowest BCUT2D eigenvalue weighted by Gasteiger charge is -2.20. The van der Waals surface area contributed by atoms with Crippen LogP contribution < -0.4 is 10.1 Å². The molecule has 1 atom stereocenters. The van der Waals surface area contributed by atoms with E-state index in [4.69, 9.17) is 4.74 Å². The van der Waals surface area contributed by atoms with E-state index in [1.807, 2.05) is 0 Å². The summed E-state index contributed by atoms with van der Waals surface area (Å²) in [5.41, 5.74) is 6.14. The Morgan fingerprint density at radius 2 is 1.33 bits per heavy atom. The third kappa shape index (κ3) is 3.78. The van der Waals surface area contributed by atoms with Gasteiger partial charge < -0.3 is 10.1 Å². The fourth-order valence-electron chi connectivity index (χ4n) is 2.57. The van der Waals surface area contributed by atoms with Crippen molar-refractivity contribution in [3.63, 3.8) is 0 Å². The van der Waals surface area contributed by atoms with Crippen LogP contribution in [0.1, 0.15) is 29.2 Å². The SMILES string of the molecule is Cc1cccc(C)c1N[C@H](C)COc1c(C)cccc1C. The van der Waals surface area contributed by atoms with Gasteiger partial charge in [0, 0.05) is 5.69 Å². The van der Waals surface area contributed by atoms with E-state index < -0.39 is 0 Å². The van der Waals surface area contributed by atoms with Crippen molar-refractivity contribution in [2.75, 3.05) is 11.9 Å². The molecule has 0 heterocycles. The highest BCUT2D eigenvalue weighted by Crippen LogP contribution is 2.24. The summed E-state index contributed by atoms with van der Waals surface area (Å²) in [5.74, 6) is 1.01. The standard InChI is InChI=1S/C19H25NO/c1-13-8-6-9-14(2)18(13)20-17(5)12-21-19-15(3)10-7-11-16(19)4/h6-11,17,20H,12H2,1-5H3/t17-/m1/s1. The number of nitrogens with one attached hydrogen (secondary N) is 1. The van der Waals surface area contributed by atoms with Gasteiger partial charge in [-0.3, -0.25) is 0 Å². The molecule has 2 aromatic rings. The van der Waals surface area contributed by atoms with Gasteiger partial charge in [0.15, 0.2) is 0 Å². The van der Waals surface area contributed by atoms with E-state index in [2.05, 4.69) is 76.3 Å². The molecule has 0 aliphatic heterocycles. The normalized spacial score (nSPS) is 12.0. The highest BCUT2D eigenvalue weighted by atomic mass is 16.5. The molecule has 0 aliphatic carbocycles. The minimum atomic E-state index is 0.254. The van der Waals surface area contributed by atoms with Gasteiger partial charge in [-0.25, -0.2) is 0 Å². The number of anilines is 1. The van der Waals surface area contributed by atoms with Crippen molar-refractivity contribution in [1.29, 1.82) is 0 Å². The molecule has 0 radical (unpaired) electrons. The molecular formula is C19H25NO. The van der Waals surface area contributed by atoms with E-state index in [1.165, 1.54) is 27.9 Å². The Bertz CT molecular complexity index is 578. The first-order chi connectivity index (χ1) is 9.99. The Kier molecular flexibility index (Phi) is 4.89. The average molecular weight is 283 g/mol.